The van der Waals surface area contributed by atoms with Crippen LogP contribution in [0.3, 0.4) is 0 Å². The molecule has 0 aliphatic rings. The Hall–Kier alpha value is -3.57. The van der Waals surface area contributed by atoms with E-state index in [9.17, 15) is 14.8 Å². The first-order chi connectivity index (χ1) is 14.0. The Bertz CT molecular complexity index is 1020. The summed E-state index contributed by atoms with van der Waals surface area (Å²) < 4.78 is 13.9. The van der Waals surface area contributed by atoms with Gasteiger partial charge >= 0.3 is 0 Å². The molecule has 0 fully saturated rings. The molecule has 0 amide bonds. The molecule has 8 heteroatoms. The largest absolute Gasteiger partial charge is 0.394 e. The Morgan fingerprint density at radius 3 is 2.62 bits per heavy atom. The fourth-order valence-corrected chi connectivity index (χ4v) is 2.69. The van der Waals surface area contributed by atoms with E-state index < -0.39 is 5.82 Å². The molecule has 0 aliphatic heterocycles. The first kappa shape index (κ1) is 20.2. The van der Waals surface area contributed by atoms with Crippen LogP contribution in [0.1, 0.15) is 19.4 Å². The monoisotopic (exact) mass is 392 g/mol. The average molecular weight is 392 g/mol. The van der Waals surface area contributed by atoms with Gasteiger partial charge in [-0.1, -0.05) is 26.0 Å². The molecule has 1 atom stereocenters. The third kappa shape index (κ3) is 4.83. The standard InChI is InChI=1S/C21H21FN6O/c1-13(2)19(12-29)27-21-26-18(17-7-3-4-9-24-17)10-20(28-21)25-16-8-5-6-15(22)14(16)11-23/h3-10,13,19,29H,12H2,1-2H3,(H2,25,26,27,28)/t19-/m0/s1. The van der Waals surface area contributed by atoms with E-state index >= 15 is 0 Å². The molecule has 148 valence electrons. The van der Waals surface area contributed by atoms with Crippen molar-refractivity contribution in [1.82, 2.24) is 15.0 Å². The Labute approximate surface area is 168 Å². The maximum Gasteiger partial charge on any atom is 0.225 e. The number of pyridine rings is 1. The summed E-state index contributed by atoms with van der Waals surface area (Å²) in [5.74, 6) is 0.186. The lowest BCUT2D eigenvalue weighted by molar-refractivity contribution is 0.248. The van der Waals surface area contributed by atoms with Gasteiger partial charge in [0.1, 0.15) is 23.3 Å². The highest BCUT2D eigenvalue weighted by atomic mass is 19.1. The topological polar surface area (TPSA) is 107 Å². The van der Waals surface area contributed by atoms with E-state index in [2.05, 4.69) is 25.6 Å². The van der Waals surface area contributed by atoms with Crippen molar-refractivity contribution >= 4 is 17.5 Å². The lowest BCUT2D eigenvalue weighted by Crippen LogP contribution is -2.30. The number of benzene rings is 1. The van der Waals surface area contributed by atoms with Crippen LogP contribution >= 0.6 is 0 Å². The third-order valence-corrected chi connectivity index (χ3v) is 4.36. The molecule has 29 heavy (non-hydrogen) atoms. The second kappa shape index (κ2) is 9.08. The number of nitriles is 1. The summed E-state index contributed by atoms with van der Waals surface area (Å²) in [6.07, 6.45) is 1.66. The average Bonchev–Trinajstić information content (AvgIpc) is 2.72. The lowest BCUT2D eigenvalue weighted by atomic mass is 10.1. The molecule has 0 spiro atoms. The van der Waals surface area contributed by atoms with E-state index in [1.165, 1.54) is 12.1 Å². The minimum atomic E-state index is -0.616. The smallest absolute Gasteiger partial charge is 0.225 e. The molecule has 0 bridgehead atoms. The van der Waals surface area contributed by atoms with E-state index in [1.807, 2.05) is 32.0 Å². The zero-order chi connectivity index (χ0) is 20.8. The van der Waals surface area contributed by atoms with Gasteiger partial charge in [0, 0.05) is 12.3 Å². The van der Waals surface area contributed by atoms with Gasteiger partial charge in [-0.3, -0.25) is 4.98 Å². The number of halogens is 1. The van der Waals surface area contributed by atoms with Crippen molar-refractivity contribution in [2.75, 3.05) is 17.2 Å². The summed E-state index contributed by atoms with van der Waals surface area (Å²) in [5.41, 5.74) is 1.37. The van der Waals surface area contributed by atoms with Crippen LogP contribution in [0.15, 0.2) is 48.7 Å². The van der Waals surface area contributed by atoms with Crippen molar-refractivity contribution in [3.63, 3.8) is 0 Å². The third-order valence-electron chi connectivity index (χ3n) is 4.36. The molecule has 3 aromatic rings. The zero-order valence-corrected chi connectivity index (χ0v) is 16.1. The molecular formula is C21H21FN6O. The number of rotatable bonds is 7. The van der Waals surface area contributed by atoms with Gasteiger partial charge in [0.15, 0.2) is 0 Å². The molecule has 7 nitrogen and oxygen atoms in total. The van der Waals surface area contributed by atoms with Crippen LogP contribution in [0.2, 0.25) is 0 Å². The molecular weight excluding hydrogens is 371 g/mol. The van der Waals surface area contributed by atoms with Crippen molar-refractivity contribution in [2.24, 2.45) is 5.92 Å². The highest BCUT2D eigenvalue weighted by Crippen LogP contribution is 2.25. The summed E-state index contributed by atoms with van der Waals surface area (Å²) >= 11 is 0. The number of nitrogens with one attached hydrogen (secondary N) is 2. The SMILES string of the molecule is CC(C)[C@H](CO)Nc1nc(Nc2cccc(F)c2C#N)cc(-c2ccccn2)n1. The molecule has 0 radical (unpaired) electrons. The molecule has 0 unspecified atom stereocenters. The maximum absolute atomic E-state index is 13.9. The van der Waals surface area contributed by atoms with Crippen LogP contribution < -0.4 is 10.6 Å². The van der Waals surface area contributed by atoms with Crippen LogP contribution in [0, 0.1) is 23.1 Å². The minimum Gasteiger partial charge on any atom is -0.394 e. The van der Waals surface area contributed by atoms with Crippen molar-refractivity contribution in [3.05, 3.63) is 60.0 Å². The Kier molecular flexibility index (Phi) is 6.32. The fourth-order valence-electron chi connectivity index (χ4n) is 2.69. The number of aromatic nitrogens is 3. The van der Waals surface area contributed by atoms with Crippen LogP contribution in [-0.4, -0.2) is 32.7 Å². The van der Waals surface area contributed by atoms with Crippen molar-refractivity contribution in [1.29, 1.82) is 5.26 Å². The van der Waals surface area contributed by atoms with Crippen LogP contribution in [0.4, 0.5) is 21.8 Å². The molecule has 1 aromatic carbocycles. The van der Waals surface area contributed by atoms with Crippen molar-refractivity contribution in [3.8, 4) is 17.5 Å². The Balaban J connectivity index is 2.03. The van der Waals surface area contributed by atoms with E-state index in [-0.39, 0.29) is 24.1 Å². The molecule has 2 heterocycles. The molecule has 3 rings (SSSR count). The van der Waals surface area contributed by atoms with Gasteiger partial charge in [-0.05, 0) is 30.2 Å². The number of nitrogens with zero attached hydrogens (tertiary/aromatic N) is 4. The van der Waals surface area contributed by atoms with Gasteiger partial charge in [-0.2, -0.15) is 10.2 Å². The van der Waals surface area contributed by atoms with Crippen molar-refractivity contribution < 1.29 is 9.50 Å². The quantitative estimate of drug-likeness (QED) is 0.562. The second-order valence-corrected chi connectivity index (χ2v) is 6.75. The molecule has 3 N–H and O–H groups in total. The van der Waals surface area contributed by atoms with E-state index in [1.54, 1.807) is 24.4 Å². The number of anilines is 3. The first-order valence-electron chi connectivity index (χ1n) is 9.15. The molecule has 0 saturated carbocycles. The number of hydrogen-bond donors (Lipinski definition) is 3. The van der Waals surface area contributed by atoms with Gasteiger partial charge < -0.3 is 15.7 Å². The van der Waals surface area contributed by atoms with E-state index in [4.69, 9.17) is 0 Å². The Morgan fingerprint density at radius 1 is 1.14 bits per heavy atom. The molecule has 0 aliphatic carbocycles. The summed E-state index contributed by atoms with van der Waals surface area (Å²) in [4.78, 5) is 13.2. The summed E-state index contributed by atoms with van der Waals surface area (Å²) in [6.45, 7) is 3.86. The highest BCUT2D eigenvalue weighted by molar-refractivity contribution is 5.69. The number of hydrogen-bond acceptors (Lipinski definition) is 7. The van der Waals surface area contributed by atoms with Crippen LogP contribution in [0.5, 0.6) is 0 Å². The van der Waals surface area contributed by atoms with E-state index in [0.717, 1.165) is 0 Å². The molecule has 2 aromatic heterocycles. The van der Waals surface area contributed by atoms with Gasteiger partial charge in [0.25, 0.3) is 0 Å². The highest BCUT2D eigenvalue weighted by Gasteiger charge is 2.16. The van der Waals surface area contributed by atoms with Gasteiger partial charge in [-0.15, -0.1) is 0 Å². The summed E-state index contributed by atoms with van der Waals surface area (Å²) in [6, 6.07) is 13.1. The zero-order valence-electron chi connectivity index (χ0n) is 16.1. The first-order valence-corrected chi connectivity index (χ1v) is 9.15. The minimum absolute atomic E-state index is 0.0833. The lowest BCUT2D eigenvalue weighted by Gasteiger charge is -2.20. The van der Waals surface area contributed by atoms with Crippen LogP contribution in [0.25, 0.3) is 11.4 Å². The summed E-state index contributed by atoms with van der Waals surface area (Å²) in [7, 11) is 0. The van der Waals surface area contributed by atoms with Gasteiger partial charge in [0.05, 0.1) is 29.7 Å². The van der Waals surface area contributed by atoms with E-state index in [0.29, 0.717) is 28.8 Å². The predicted octanol–water partition coefficient (Wildman–Crippen LogP) is 3.72. The van der Waals surface area contributed by atoms with Gasteiger partial charge in [-0.25, -0.2) is 9.37 Å². The fraction of sp³-hybridized carbons (Fsp3) is 0.238. The number of aliphatic hydroxyl groups is 1. The van der Waals surface area contributed by atoms with Crippen molar-refractivity contribution in [2.45, 2.75) is 19.9 Å². The Morgan fingerprint density at radius 2 is 1.97 bits per heavy atom. The normalized spacial score (nSPS) is 11.7. The molecule has 0 saturated heterocycles. The summed E-state index contributed by atoms with van der Waals surface area (Å²) in [5, 5.41) is 25.0. The predicted molar refractivity (Wildman–Crippen MR) is 109 cm³/mol. The second-order valence-electron chi connectivity index (χ2n) is 6.75. The van der Waals surface area contributed by atoms with Crippen LogP contribution in [-0.2, 0) is 0 Å². The maximum atomic E-state index is 13.9. The van der Waals surface area contributed by atoms with Gasteiger partial charge in [0.2, 0.25) is 5.95 Å². The number of aliphatic hydroxyl groups excluding tert-OH is 1.